The van der Waals surface area contributed by atoms with Gasteiger partial charge in [-0.1, -0.05) is 13.8 Å². The molecule has 0 aromatic carbocycles. The molecule has 8 bridgehead atoms. The molecule has 0 radical (unpaired) electrons. The molecule has 14 heteroatoms. The fourth-order valence-corrected chi connectivity index (χ4v) is 7.47. The first-order chi connectivity index (χ1) is 25.6. The Morgan fingerprint density at radius 1 is 0.667 bits per heavy atom. The summed E-state index contributed by atoms with van der Waals surface area (Å²) in [6.45, 7) is 10.3. The molecule has 0 aliphatic carbocycles. The van der Waals surface area contributed by atoms with Crippen LogP contribution in [0.4, 0.5) is 0 Å². The quantitative estimate of drug-likeness (QED) is 0.0818. The highest BCUT2D eigenvalue weighted by atomic mass is 16.4. The number of rotatable bonds is 14. The van der Waals surface area contributed by atoms with Gasteiger partial charge in [0.05, 0.1) is 29.8 Å². The zero-order chi connectivity index (χ0) is 39.6. The number of hydrogen-bond donors (Lipinski definition) is 10. The highest BCUT2D eigenvalue weighted by Crippen LogP contribution is 2.27. The maximum atomic E-state index is 14.7. The molecule has 0 saturated carbocycles. The minimum absolute atomic E-state index is 0.0975. The van der Waals surface area contributed by atoms with Crippen LogP contribution < -0.4 is 32.4 Å². The molecule has 14 nitrogen and oxygen atoms in total. The number of carboxylic acids is 2. The lowest BCUT2D eigenvalue weighted by Crippen LogP contribution is -2.52. The standard InChI is InChI=1S/C40H50N6O8/c1-7-22-21(6)37-36(39(53)33(17-48)46-40(54)26(41)16-47)38-23(8-2)18(3)29(44-38)13-27-19(4)24(9-11-34(49)50)31(42-27)15-32-25(10-12-35(51)52)20(5)28(43-32)14-30(22)45-37/h13-15,26,33,42-45,47-48H,7-12,16-17,41H2,1-6H3,(H,46,54)(H,49,50)(H,51,52). The number of ketones is 1. The molecule has 0 saturated heterocycles. The minimum atomic E-state index is -1.39. The molecule has 2 atom stereocenters. The van der Waals surface area contributed by atoms with E-state index in [0.717, 1.165) is 49.9 Å². The summed E-state index contributed by atoms with van der Waals surface area (Å²) in [4.78, 5) is 65.0. The fraction of sp³-hybridized carbons (Fsp3) is 0.400. The summed E-state index contributed by atoms with van der Waals surface area (Å²) in [5.74, 6) is -3.24. The number of nitrogens with one attached hydrogen (secondary N) is 5. The number of aliphatic hydroxyl groups is 2. The van der Waals surface area contributed by atoms with Gasteiger partial charge >= 0.3 is 11.9 Å². The summed E-state index contributed by atoms with van der Waals surface area (Å²) < 4.78 is 0. The number of carboxylic acid groups (broad SMARTS) is 2. The van der Waals surface area contributed by atoms with Crippen LogP contribution in [0.25, 0.3) is 23.8 Å². The van der Waals surface area contributed by atoms with Gasteiger partial charge in [-0.3, -0.25) is 19.2 Å². The molecule has 5 rings (SSSR count). The lowest BCUT2D eigenvalue weighted by Gasteiger charge is -2.19. The maximum Gasteiger partial charge on any atom is 0.303 e. The topological polar surface area (TPSA) is 250 Å². The first-order valence-corrected chi connectivity index (χ1v) is 18.2. The number of aliphatic hydroxyl groups excluding tert-OH is 2. The van der Waals surface area contributed by atoms with E-state index in [9.17, 15) is 39.6 Å². The summed E-state index contributed by atoms with van der Waals surface area (Å²) >= 11 is 0. The number of aliphatic carboxylic acids is 2. The van der Waals surface area contributed by atoms with Crippen molar-refractivity contribution in [3.8, 4) is 0 Å². The zero-order valence-corrected chi connectivity index (χ0v) is 31.5. The van der Waals surface area contributed by atoms with Gasteiger partial charge in [-0.2, -0.15) is 0 Å². The molecule has 54 heavy (non-hydrogen) atoms. The number of aromatic amines is 4. The van der Waals surface area contributed by atoms with Gasteiger partial charge in [0.25, 0.3) is 0 Å². The van der Waals surface area contributed by atoms with Crippen molar-refractivity contribution in [1.29, 1.82) is 0 Å². The molecule has 4 aromatic rings. The molecule has 2 unspecified atom stereocenters. The van der Waals surface area contributed by atoms with Gasteiger partial charge in [0.1, 0.15) is 12.1 Å². The van der Waals surface area contributed by atoms with Crippen LogP contribution in [-0.2, 0) is 44.9 Å². The van der Waals surface area contributed by atoms with E-state index in [0.29, 0.717) is 51.7 Å². The van der Waals surface area contributed by atoms with Crippen molar-refractivity contribution in [2.75, 3.05) is 13.2 Å². The van der Waals surface area contributed by atoms with Gasteiger partial charge in [0.2, 0.25) is 5.91 Å². The number of hydrogen-bond acceptors (Lipinski definition) is 7. The van der Waals surface area contributed by atoms with Crippen molar-refractivity contribution >= 4 is 47.4 Å². The molecule has 5 heterocycles. The van der Waals surface area contributed by atoms with Gasteiger partial charge < -0.3 is 51.4 Å². The summed E-state index contributed by atoms with van der Waals surface area (Å²) in [5, 5.41) is 44.3. The molecule has 0 spiro atoms. The second-order valence-electron chi connectivity index (χ2n) is 13.8. The predicted octanol–water partition coefficient (Wildman–Crippen LogP) is -0.244. The van der Waals surface area contributed by atoms with E-state index < -0.39 is 48.9 Å². The molecule has 1 aliphatic heterocycles. The van der Waals surface area contributed by atoms with Crippen LogP contribution in [0.2, 0.25) is 0 Å². The van der Waals surface area contributed by atoms with Crippen LogP contribution in [0.1, 0.15) is 94.0 Å². The summed E-state index contributed by atoms with van der Waals surface area (Å²) in [6, 6.07) is -2.68. The molecule has 1 amide bonds. The number of carbonyl (C=O) groups is 4. The fourth-order valence-electron chi connectivity index (χ4n) is 7.47. The Kier molecular flexibility index (Phi) is 12.0. The number of carbonyl (C=O) groups excluding carboxylic acids is 2. The molecule has 288 valence electrons. The SMILES string of the molecule is CCc1c2[nH]c(c1C)C(C(=O)C(CO)NC(=O)C(N)CO)=c1[nH]c(c(C)c1CC)=Cc1[nH]c(c(CCC(=O)O)c1C)C=c1[nH]c(c(C)c1CCC(=O)O)=C2. The van der Waals surface area contributed by atoms with Gasteiger partial charge in [-0.25, -0.2) is 0 Å². The van der Waals surface area contributed by atoms with E-state index in [1.165, 1.54) is 0 Å². The molecule has 4 aromatic heterocycles. The van der Waals surface area contributed by atoms with E-state index >= 15 is 0 Å². The number of Topliss-reactive ketones (excluding diaryl/α,β-unsaturated/α-hetero) is 1. The average molecular weight is 743 g/mol. The Labute approximate surface area is 311 Å². The van der Waals surface area contributed by atoms with E-state index in [1.807, 2.05) is 59.8 Å². The average Bonchev–Trinajstić information content (AvgIpc) is 3.81. The molecule has 11 N–H and O–H groups in total. The van der Waals surface area contributed by atoms with Gasteiger partial charge in [-0.05, 0) is 116 Å². The van der Waals surface area contributed by atoms with Crippen LogP contribution in [0, 0.1) is 27.7 Å². The monoisotopic (exact) mass is 742 g/mol. The highest BCUT2D eigenvalue weighted by molar-refractivity contribution is 6.23. The number of H-pyrrole nitrogens is 4. The van der Waals surface area contributed by atoms with Crippen LogP contribution >= 0.6 is 0 Å². The first-order valence-electron chi connectivity index (χ1n) is 18.2. The van der Waals surface area contributed by atoms with Crippen LogP contribution in [-0.4, -0.2) is 89.3 Å². The Morgan fingerprint density at radius 3 is 1.81 bits per heavy atom. The van der Waals surface area contributed by atoms with Gasteiger partial charge in [-0.15, -0.1) is 0 Å². The van der Waals surface area contributed by atoms with E-state index in [-0.39, 0.29) is 31.3 Å². The Balaban J connectivity index is 1.96. The number of amides is 1. The number of aromatic nitrogens is 4. The Hall–Kier alpha value is -5.44. The van der Waals surface area contributed by atoms with E-state index in [2.05, 4.69) is 25.3 Å². The lowest BCUT2D eigenvalue weighted by molar-refractivity contribution is -0.138. The Bertz CT molecular complexity index is 2390. The normalized spacial score (nSPS) is 13.5. The van der Waals surface area contributed by atoms with E-state index in [1.54, 1.807) is 0 Å². The lowest BCUT2D eigenvalue weighted by atomic mass is 9.95. The number of nitrogens with two attached hydrogens (primary N) is 1. The molecule has 1 aliphatic rings. The zero-order valence-electron chi connectivity index (χ0n) is 31.5. The smallest absolute Gasteiger partial charge is 0.303 e. The van der Waals surface area contributed by atoms with Crippen LogP contribution in [0.3, 0.4) is 0 Å². The van der Waals surface area contributed by atoms with Crippen molar-refractivity contribution in [2.45, 2.75) is 92.2 Å². The summed E-state index contributed by atoms with van der Waals surface area (Å²) in [7, 11) is 0. The third kappa shape index (κ3) is 7.63. The van der Waals surface area contributed by atoms with Crippen LogP contribution in [0.15, 0.2) is 0 Å². The summed E-state index contributed by atoms with van der Waals surface area (Å²) in [6.07, 6.45) is 7.20. The van der Waals surface area contributed by atoms with Gasteiger partial charge in [0, 0.05) is 46.0 Å². The molecule has 0 fully saturated rings. The second kappa shape index (κ2) is 16.3. The van der Waals surface area contributed by atoms with Crippen LogP contribution in [0.5, 0.6) is 0 Å². The van der Waals surface area contributed by atoms with Crippen molar-refractivity contribution in [3.05, 3.63) is 88.7 Å². The van der Waals surface area contributed by atoms with Crippen molar-refractivity contribution in [1.82, 2.24) is 25.3 Å². The minimum Gasteiger partial charge on any atom is -0.481 e. The van der Waals surface area contributed by atoms with Gasteiger partial charge in [0.15, 0.2) is 5.78 Å². The van der Waals surface area contributed by atoms with Crippen molar-refractivity contribution < 1.29 is 39.6 Å². The van der Waals surface area contributed by atoms with Crippen molar-refractivity contribution in [3.63, 3.8) is 0 Å². The van der Waals surface area contributed by atoms with Crippen molar-refractivity contribution in [2.24, 2.45) is 5.73 Å². The molecular formula is C40H50N6O8. The third-order valence-corrected chi connectivity index (χ3v) is 10.6. The second-order valence-corrected chi connectivity index (χ2v) is 13.8. The summed E-state index contributed by atoms with van der Waals surface area (Å²) in [5.41, 5.74) is 15.3. The largest absolute Gasteiger partial charge is 0.481 e. The predicted molar refractivity (Wildman–Crippen MR) is 204 cm³/mol. The Morgan fingerprint density at radius 2 is 1.22 bits per heavy atom. The molecular weight excluding hydrogens is 692 g/mol. The maximum absolute atomic E-state index is 14.7. The highest BCUT2D eigenvalue weighted by Gasteiger charge is 2.31. The van der Waals surface area contributed by atoms with E-state index in [4.69, 9.17) is 5.73 Å². The number of fused-ring (bicyclic) bond motifs is 8. The first kappa shape index (κ1) is 39.8. The third-order valence-electron chi connectivity index (χ3n) is 10.6.